The van der Waals surface area contributed by atoms with Gasteiger partial charge in [0.05, 0.1) is 20.9 Å². The van der Waals surface area contributed by atoms with E-state index in [1.807, 2.05) is 0 Å². The second kappa shape index (κ2) is 5.55. The smallest absolute Gasteiger partial charge is 0.418 e. The van der Waals surface area contributed by atoms with Crippen LogP contribution in [-0.2, 0) is 12.4 Å². The average molecular weight is 388 g/mol. The van der Waals surface area contributed by atoms with Crippen molar-refractivity contribution in [1.29, 1.82) is 0 Å². The van der Waals surface area contributed by atoms with E-state index in [0.29, 0.717) is 22.0 Å². The lowest BCUT2D eigenvalue weighted by Gasteiger charge is -2.17. The van der Waals surface area contributed by atoms with Gasteiger partial charge in [-0.1, -0.05) is 0 Å². The molecular formula is C14H10F6O2S2. The maximum atomic E-state index is 13.4. The molecule has 0 fully saturated rings. The molecule has 0 bridgehead atoms. The Hall–Kier alpha value is -1.42. The molecule has 0 N–H and O–H groups in total. The van der Waals surface area contributed by atoms with E-state index < -0.39 is 33.2 Å². The number of fused-ring (bicyclic) bond motifs is 1. The van der Waals surface area contributed by atoms with Gasteiger partial charge in [-0.25, -0.2) is 0 Å². The lowest BCUT2D eigenvalue weighted by Crippen LogP contribution is -2.16. The molecule has 132 valence electrons. The molecule has 0 aliphatic carbocycles. The molecule has 1 aliphatic rings. The monoisotopic (exact) mass is 388 g/mol. The zero-order valence-corrected chi connectivity index (χ0v) is 13.9. The molecule has 0 saturated heterocycles. The van der Waals surface area contributed by atoms with Crippen LogP contribution in [0, 0.1) is 13.8 Å². The summed E-state index contributed by atoms with van der Waals surface area (Å²) in [4.78, 5) is -0.320. The second-order valence-electron chi connectivity index (χ2n) is 5.08. The Balaban J connectivity index is 2.31. The molecule has 0 atom stereocenters. The van der Waals surface area contributed by atoms with Crippen LogP contribution >= 0.6 is 22.7 Å². The molecule has 0 radical (unpaired) electrons. The van der Waals surface area contributed by atoms with Crippen LogP contribution in [0.1, 0.15) is 20.9 Å². The first-order valence-electron chi connectivity index (χ1n) is 6.69. The molecule has 0 unspecified atom stereocenters. The van der Waals surface area contributed by atoms with E-state index in [0.717, 1.165) is 18.3 Å². The molecule has 2 aromatic rings. The lowest BCUT2D eigenvalue weighted by atomic mass is 10.1. The van der Waals surface area contributed by atoms with Gasteiger partial charge in [0.15, 0.2) is 11.5 Å². The largest absolute Gasteiger partial charge is 0.485 e. The maximum absolute atomic E-state index is 13.4. The number of thiophene rings is 2. The van der Waals surface area contributed by atoms with E-state index in [2.05, 4.69) is 0 Å². The maximum Gasteiger partial charge on any atom is 0.418 e. The highest BCUT2D eigenvalue weighted by Gasteiger charge is 2.48. The third-order valence-corrected chi connectivity index (χ3v) is 5.76. The fraction of sp³-hybridized carbons (Fsp3) is 0.429. The highest BCUT2D eigenvalue weighted by Crippen LogP contribution is 2.57. The van der Waals surface area contributed by atoms with Crippen molar-refractivity contribution in [3.8, 4) is 21.3 Å². The van der Waals surface area contributed by atoms with Crippen LogP contribution in [0.15, 0.2) is 0 Å². The zero-order valence-electron chi connectivity index (χ0n) is 12.3. The van der Waals surface area contributed by atoms with Crippen LogP contribution in [-0.4, -0.2) is 13.2 Å². The summed E-state index contributed by atoms with van der Waals surface area (Å²) in [7, 11) is 0. The topological polar surface area (TPSA) is 18.5 Å². The molecular weight excluding hydrogens is 378 g/mol. The van der Waals surface area contributed by atoms with E-state index in [-0.39, 0.29) is 23.8 Å². The number of halogens is 6. The molecule has 1 aliphatic heterocycles. The molecule has 24 heavy (non-hydrogen) atoms. The zero-order chi connectivity index (χ0) is 17.9. The third kappa shape index (κ3) is 2.75. The summed E-state index contributed by atoms with van der Waals surface area (Å²) in [5.74, 6) is 0.387. The van der Waals surface area contributed by atoms with Gasteiger partial charge in [0.1, 0.15) is 13.2 Å². The minimum atomic E-state index is -5.13. The lowest BCUT2D eigenvalue weighted by molar-refractivity contribution is -0.161. The summed E-state index contributed by atoms with van der Waals surface area (Å²) in [6.07, 6.45) is -10.2. The van der Waals surface area contributed by atoms with Gasteiger partial charge in [-0.3, -0.25) is 0 Å². The van der Waals surface area contributed by atoms with Crippen LogP contribution in [0.4, 0.5) is 26.3 Å². The van der Waals surface area contributed by atoms with Crippen molar-refractivity contribution in [1.82, 2.24) is 0 Å². The number of ether oxygens (including phenoxy) is 2. The van der Waals surface area contributed by atoms with Crippen molar-refractivity contribution in [2.75, 3.05) is 13.2 Å². The Morgan fingerprint density at radius 1 is 0.708 bits per heavy atom. The fourth-order valence-electron chi connectivity index (χ4n) is 2.56. The summed E-state index contributed by atoms with van der Waals surface area (Å²) in [5.41, 5.74) is -3.29. The van der Waals surface area contributed by atoms with Crippen LogP contribution in [0.5, 0.6) is 11.5 Å². The summed E-state index contributed by atoms with van der Waals surface area (Å²) in [6.45, 7) is 3.04. The highest BCUT2D eigenvalue weighted by molar-refractivity contribution is 7.22. The van der Waals surface area contributed by atoms with Gasteiger partial charge in [-0.15, -0.1) is 22.7 Å². The normalized spacial score (nSPS) is 15.0. The van der Waals surface area contributed by atoms with Gasteiger partial charge >= 0.3 is 12.4 Å². The van der Waals surface area contributed by atoms with Crippen LogP contribution in [0.2, 0.25) is 0 Å². The summed E-state index contributed by atoms with van der Waals surface area (Å²) >= 11 is 1.41. The number of alkyl halides is 6. The number of rotatable bonds is 1. The van der Waals surface area contributed by atoms with E-state index in [9.17, 15) is 26.3 Å². The quantitative estimate of drug-likeness (QED) is 0.566. The summed E-state index contributed by atoms with van der Waals surface area (Å²) in [6, 6.07) is 0. The number of hydrogen-bond acceptors (Lipinski definition) is 4. The summed E-state index contributed by atoms with van der Waals surface area (Å²) in [5, 5.41) is 0. The summed E-state index contributed by atoms with van der Waals surface area (Å²) < 4.78 is 90.5. The van der Waals surface area contributed by atoms with Crippen molar-refractivity contribution in [2.45, 2.75) is 26.2 Å². The first kappa shape index (κ1) is 17.4. The van der Waals surface area contributed by atoms with Gasteiger partial charge in [0.25, 0.3) is 0 Å². The molecule has 2 aromatic heterocycles. The Kier molecular flexibility index (Phi) is 4.03. The first-order valence-corrected chi connectivity index (χ1v) is 8.32. The fourth-order valence-corrected chi connectivity index (χ4v) is 4.93. The predicted octanol–water partition coefficient (Wildman–Crippen LogP) is 5.90. The molecule has 10 heteroatoms. The Morgan fingerprint density at radius 2 is 1.21 bits per heavy atom. The third-order valence-electron chi connectivity index (χ3n) is 3.42. The van der Waals surface area contributed by atoms with Crippen molar-refractivity contribution in [3.63, 3.8) is 0 Å². The van der Waals surface area contributed by atoms with Crippen LogP contribution < -0.4 is 9.47 Å². The van der Waals surface area contributed by atoms with Gasteiger partial charge in [0, 0.05) is 9.75 Å². The highest BCUT2D eigenvalue weighted by atomic mass is 32.1. The Bertz CT molecular complexity index is 785. The van der Waals surface area contributed by atoms with Crippen molar-refractivity contribution >= 4 is 22.7 Å². The second-order valence-corrected chi connectivity index (χ2v) is 7.52. The molecule has 0 saturated carbocycles. The minimum Gasteiger partial charge on any atom is -0.485 e. The van der Waals surface area contributed by atoms with Gasteiger partial charge in [-0.2, -0.15) is 26.3 Å². The van der Waals surface area contributed by atoms with E-state index in [4.69, 9.17) is 9.47 Å². The van der Waals surface area contributed by atoms with Crippen LogP contribution in [0.3, 0.4) is 0 Å². The van der Waals surface area contributed by atoms with Gasteiger partial charge in [-0.05, 0) is 13.8 Å². The standard InChI is InChI=1S/C14H10F6O2S2/c1-5-7(13(15,16)17)8(14(18,19)20)11(23-5)12-10-9(6(2)24-12)21-3-4-22-10/h3-4H2,1-2H3. The molecule has 0 amide bonds. The van der Waals surface area contributed by atoms with E-state index >= 15 is 0 Å². The molecule has 0 spiro atoms. The Morgan fingerprint density at radius 3 is 1.75 bits per heavy atom. The van der Waals surface area contributed by atoms with Gasteiger partial charge < -0.3 is 9.47 Å². The predicted molar refractivity (Wildman–Crippen MR) is 78.1 cm³/mol. The molecule has 3 rings (SSSR count). The first-order chi connectivity index (χ1) is 11.0. The van der Waals surface area contributed by atoms with E-state index in [1.54, 1.807) is 6.92 Å². The number of hydrogen-bond donors (Lipinski definition) is 0. The van der Waals surface area contributed by atoms with Crippen molar-refractivity contribution < 1.29 is 35.8 Å². The average Bonchev–Trinajstić information content (AvgIpc) is 2.96. The minimum absolute atomic E-state index is 0.0260. The van der Waals surface area contributed by atoms with Crippen molar-refractivity contribution in [3.05, 3.63) is 20.9 Å². The van der Waals surface area contributed by atoms with Crippen LogP contribution in [0.25, 0.3) is 9.75 Å². The van der Waals surface area contributed by atoms with Gasteiger partial charge in [0.2, 0.25) is 0 Å². The Labute approximate surface area is 140 Å². The molecule has 0 aromatic carbocycles. The van der Waals surface area contributed by atoms with E-state index in [1.165, 1.54) is 0 Å². The SMILES string of the molecule is Cc1sc(-c2sc(C)c(C(F)(F)F)c2C(F)(F)F)c2c1OCCO2. The molecule has 3 heterocycles. The van der Waals surface area contributed by atoms with Crippen molar-refractivity contribution in [2.24, 2.45) is 0 Å². The number of aryl methyl sites for hydroxylation is 2. The molecule has 2 nitrogen and oxygen atoms in total.